The Morgan fingerprint density at radius 3 is 2.79 bits per heavy atom. The summed E-state index contributed by atoms with van der Waals surface area (Å²) in [5.41, 5.74) is 0. The molecule has 82 valence electrons. The van der Waals surface area contributed by atoms with E-state index in [0.717, 1.165) is 22.4 Å². The molecule has 0 radical (unpaired) electrons. The molecular formula is C10H18INOS. The fraction of sp³-hybridized carbons (Fsp3) is 0.900. The summed E-state index contributed by atoms with van der Waals surface area (Å²) in [7, 11) is 0. The zero-order valence-electron chi connectivity index (χ0n) is 8.75. The van der Waals surface area contributed by atoms with Crippen LogP contribution in [0, 0.1) is 11.8 Å². The monoisotopic (exact) mass is 327 g/mol. The highest BCUT2D eigenvalue weighted by Gasteiger charge is 2.25. The van der Waals surface area contributed by atoms with Crippen molar-refractivity contribution < 1.29 is 4.79 Å². The second-order valence-corrected chi connectivity index (χ2v) is 6.10. The Bertz CT molecular complexity index is 193. The molecule has 1 fully saturated rings. The van der Waals surface area contributed by atoms with Crippen LogP contribution in [-0.2, 0) is 4.79 Å². The van der Waals surface area contributed by atoms with Gasteiger partial charge >= 0.3 is 0 Å². The molecule has 2 nitrogen and oxygen atoms in total. The molecule has 0 aliphatic carbocycles. The van der Waals surface area contributed by atoms with E-state index in [-0.39, 0.29) is 11.8 Å². The molecule has 1 aliphatic rings. The molecule has 4 heteroatoms. The molecule has 0 aromatic carbocycles. The van der Waals surface area contributed by atoms with Gasteiger partial charge in [0.15, 0.2) is 0 Å². The molecular weight excluding hydrogens is 309 g/mol. The molecule has 2 atom stereocenters. The van der Waals surface area contributed by atoms with Gasteiger partial charge < -0.3 is 5.32 Å². The van der Waals surface area contributed by atoms with Crippen molar-refractivity contribution in [1.82, 2.24) is 5.32 Å². The molecule has 14 heavy (non-hydrogen) atoms. The molecule has 1 rings (SSSR count). The summed E-state index contributed by atoms with van der Waals surface area (Å²) in [5.74, 6) is 3.23. The lowest BCUT2D eigenvalue weighted by molar-refractivity contribution is -0.125. The first-order valence-electron chi connectivity index (χ1n) is 5.09. The van der Waals surface area contributed by atoms with Crippen LogP contribution in [0.25, 0.3) is 0 Å². The lowest BCUT2D eigenvalue weighted by Crippen LogP contribution is -2.42. The smallest absolute Gasteiger partial charge is 0.224 e. The molecule has 1 aliphatic heterocycles. The van der Waals surface area contributed by atoms with Gasteiger partial charge in [0.2, 0.25) is 5.91 Å². The van der Waals surface area contributed by atoms with Crippen LogP contribution in [0.4, 0.5) is 0 Å². The SMILES string of the molecule is CC(C)C(CI)NC(=O)C1CCSC1. The van der Waals surface area contributed by atoms with Crippen LogP contribution in [0.3, 0.4) is 0 Å². The number of carbonyl (C=O) groups is 1. The first-order valence-corrected chi connectivity index (χ1v) is 7.77. The highest BCUT2D eigenvalue weighted by molar-refractivity contribution is 14.1. The van der Waals surface area contributed by atoms with Crippen molar-refractivity contribution in [2.24, 2.45) is 11.8 Å². The van der Waals surface area contributed by atoms with Crippen LogP contribution in [0.5, 0.6) is 0 Å². The summed E-state index contributed by atoms with van der Waals surface area (Å²) in [6.45, 7) is 4.32. The molecule has 2 unspecified atom stereocenters. The van der Waals surface area contributed by atoms with Crippen LogP contribution < -0.4 is 5.32 Å². The Morgan fingerprint density at radius 2 is 2.36 bits per heavy atom. The maximum Gasteiger partial charge on any atom is 0.224 e. The maximum atomic E-state index is 11.8. The van der Waals surface area contributed by atoms with Gasteiger partial charge in [-0.2, -0.15) is 11.8 Å². The van der Waals surface area contributed by atoms with Crippen LogP contribution >= 0.6 is 34.4 Å². The molecule has 0 saturated carbocycles. The maximum absolute atomic E-state index is 11.8. The molecule has 1 heterocycles. The van der Waals surface area contributed by atoms with E-state index in [1.165, 1.54) is 0 Å². The van der Waals surface area contributed by atoms with E-state index in [0.29, 0.717) is 12.0 Å². The minimum Gasteiger partial charge on any atom is -0.352 e. The van der Waals surface area contributed by atoms with Gasteiger partial charge in [-0.3, -0.25) is 4.79 Å². The van der Waals surface area contributed by atoms with Crippen LogP contribution in [-0.4, -0.2) is 27.9 Å². The molecule has 1 N–H and O–H groups in total. The standard InChI is InChI=1S/C10H18INOS/c1-7(2)9(5-11)12-10(13)8-3-4-14-6-8/h7-9H,3-6H2,1-2H3,(H,12,13). The fourth-order valence-corrected chi connectivity index (χ4v) is 3.88. The van der Waals surface area contributed by atoms with Crippen molar-refractivity contribution in [2.75, 3.05) is 15.9 Å². The molecule has 1 saturated heterocycles. The molecule has 1 amide bonds. The second-order valence-electron chi connectivity index (χ2n) is 4.07. The molecule has 0 spiro atoms. The molecule has 0 aromatic rings. The van der Waals surface area contributed by atoms with Crippen molar-refractivity contribution >= 4 is 40.3 Å². The van der Waals surface area contributed by atoms with Gasteiger partial charge in [0, 0.05) is 22.1 Å². The normalized spacial score (nSPS) is 23.9. The van der Waals surface area contributed by atoms with Crippen LogP contribution in [0.15, 0.2) is 0 Å². The predicted molar refractivity (Wildman–Crippen MR) is 71.1 cm³/mol. The van der Waals surface area contributed by atoms with E-state index in [9.17, 15) is 4.79 Å². The Hall–Kier alpha value is 0.550. The highest BCUT2D eigenvalue weighted by atomic mass is 127. The number of hydrogen-bond acceptors (Lipinski definition) is 2. The van der Waals surface area contributed by atoms with Crippen molar-refractivity contribution in [3.8, 4) is 0 Å². The van der Waals surface area contributed by atoms with E-state index in [1.807, 2.05) is 11.8 Å². The number of rotatable bonds is 4. The van der Waals surface area contributed by atoms with Crippen LogP contribution in [0.2, 0.25) is 0 Å². The van der Waals surface area contributed by atoms with Crippen LogP contribution in [0.1, 0.15) is 20.3 Å². The third-order valence-corrected chi connectivity index (χ3v) is 4.71. The lowest BCUT2D eigenvalue weighted by Gasteiger charge is -2.21. The number of halogens is 1. The number of carbonyl (C=O) groups excluding carboxylic acids is 1. The summed E-state index contributed by atoms with van der Waals surface area (Å²) in [6, 6.07) is 0.341. The lowest BCUT2D eigenvalue weighted by atomic mass is 10.0. The minimum absolute atomic E-state index is 0.268. The van der Waals surface area contributed by atoms with Gasteiger partial charge in [-0.25, -0.2) is 0 Å². The summed E-state index contributed by atoms with van der Waals surface area (Å²) in [4.78, 5) is 11.8. The third kappa shape index (κ3) is 3.61. The van der Waals surface area contributed by atoms with Crippen molar-refractivity contribution in [3.63, 3.8) is 0 Å². The first-order chi connectivity index (χ1) is 6.65. The van der Waals surface area contributed by atoms with E-state index >= 15 is 0 Å². The summed E-state index contributed by atoms with van der Waals surface area (Å²) in [6.07, 6.45) is 1.06. The Labute approximate surface area is 104 Å². The third-order valence-electron chi connectivity index (χ3n) is 2.60. The quantitative estimate of drug-likeness (QED) is 0.634. The van der Waals surface area contributed by atoms with Gasteiger partial charge in [0.05, 0.1) is 0 Å². The topological polar surface area (TPSA) is 29.1 Å². The van der Waals surface area contributed by atoms with E-state index in [1.54, 1.807) is 0 Å². The zero-order chi connectivity index (χ0) is 10.6. The number of hydrogen-bond donors (Lipinski definition) is 1. The first kappa shape index (κ1) is 12.6. The van der Waals surface area contributed by atoms with E-state index in [2.05, 4.69) is 41.8 Å². The summed E-state index contributed by atoms with van der Waals surface area (Å²) < 4.78 is 1.00. The van der Waals surface area contributed by atoms with Gasteiger partial charge in [0.25, 0.3) is 0 Å². The van der Waals surface area contributed by atoms with Crippen molar-refractivity contribution in [2.45, 2.75) is 26.3 Å². The van der Waals surface area contributed by atoms with Crippen molar-refractivity contribution in [3.05, 3.63) is 0 Å². The minimum atomic E-state index is 0.268. The number of alkyl halides is 1. The number of thioether (sulfide) groups is 1. The van der Waals surface area contributed by atoms with E-state index < -0.39 is 0 Å². The van der Waals surface area contributed by atoms with Crippen molar-refractivity contribution in [1.29, 1.82) is 0 Å². The predicted octanol–water partition coefficient (Wildman–Crippen LogP) is 2.32. The Morgan fingerprint density at radius 1 is 1.64 bits per heavy atom. The van der Waals surface area contributed by atoms with Gasteiger partial charge in [-0.05, 0) is 18.1 Å². The van der Waals surface area contributed by atoms with E-state index in [4.69, 9.17) is 0 Å². The average molecular weight is 327 g/mol. The van der Waals surface area contributed by atoms with Gasteiger partial charge in [-0.15, -0.1) is 0 Å². The van der Waals surface area contributed by atoms with Gasteiger partial charge in [0.1, 0.15) is 0 Å². The average Bonchev–Trinajstić information content (AvgIpc) is 2.65. The summed E-state index contributed by atoms with van der Waals surface area (Å²) in [5, 5.41) is 3.15. The number of amides is 1. The van der Waals surface area contributed by atoms with Gasteiger partial charge in [-0.1, -0.05) is 36.4 Å². The summed E-state index contributed by atoms with van der Waals surface area (Å²) >= 11 is 4.23. The second kappa shape index (κ2) is 6.20. The molecule has 0 bridgehead atoms. The highest BCUT2D eigenvalue weighted by Crippen LogP contribution is 2.23. The largest absolute Gasteiger partial charge is 0.352 e. The zero-order valence-corrected chi connectivity index (χ0v) is 11.7. The Kier molecular flexibility index (Phi) is 5.59. The molecule has 0 aromatic heterocycles. The number of nitrogens with one attached hydrogen (secondary N) is 1. The Balaban J connectivity index is 2.37. The fourth-order valence-electron chi connectivity index (χ4n) is 1.43.